The summed E-state index contributed by atoms with van der Waals surface area (Å²) in [6.07, 6.45) is 37.8. The van der Waals surface area contributed by atoms with Crippen LogP contribution in [0.5, 0.6) is 0 Å². The first-order chi connectivity index (χ1) is 24.4. The molecule has 0 amide bonds. The van der Waals surface area contributed by atoms with Crippen molar-refractivity contribution in [2.45, 2.75) is 168 Å². The Kier molecular flexibility index (Phi) is 12.9. The number of hydrogen-bond acceptors (Lipinski definition) is 0. The van der Waals surface area contributed by atoms with E-state index in [1.54, 1.807) is 11.1 Å². The van der Waals surface area contributed by atoms with Crippen LogP contribution < -0.4 is 0 Å². The summed E-state index contributed by atoms with van der Waals surface area (Å²) in [4.78, 5) is 0. The van der Waals surface area contributed by atoms with Crippen molar-refractivity contribution >= 4 is 0 Å². The van der Waals surface area contributed by atoms with Crippen LogP contribution in [0.25, 0.3) is 0 Å². The van der Waals surface area contributed by atoms with Crippen molar-refractivity contribution in [1.82, 2.24) is 0 Å². The molecule has 1 spiro atoms. The molecule has 7 atom stereocenters. The quantitative estimate of drug-likeness (QED) is 0.186. The van der Waals surface area contributed by atoms with Gasteiger partial charge in [0.05, 0.1) is 0 Å². The predicted octanol–water partition coefficient (Wildman–Crippen LogP) is 14.9. The molecule has 274 valence electrons. The van der Waals surface area contributed by atoms with E-state index >= 15 is 0 Å². The van der Waals surface area contributed by atoms with Gasteiger partial charge < -0.3 is 0 Å². The summed E-state index contributed by atoms with van der Waals surface area (Å²) in [6.45, 7) is 14.1. The van der Waals surface area contributed by atoms with E-state index in [4.69, 9.17) is 0 Å². The second-order valence-electron chi connectivity index (χ2n) is 18.7. The van der Waals surface area contributed by atoms with Gasteiger partial charge in [-0.3, -0.25) is 0 Å². The van der Waals surface area contributed by atoms with Crippen LogP contribution in [0.1, 0.15) is 166 Å². The van der Waals surface area contributed by atoms with Gasteiger partial charge in [-0.25, -0.2) is 0 Å². The van der Waals surface area contributed by atoms with Crippen molar-refractivity contribution in [2.75, 3.05) is 0 Å². The number of allylic oxidation sites excluding steroid dienone is 2. The largest absolute Gasteiger partial charge is 0.103 e. The summed E-state index contributed by atoms with van der Waals surface area (Å²) >= 11 is 0. The highest BCUT2D eigenvalue weighted by molar-refractivity contribution is 5.26. The van der Waals surface area contributed by atoms with Crippen LogP contribution in [-0.4, -0.2) is 0 Å². The van der Waals surface area contributed by atoms with Crippen molar-refractivity contribution in [3.63, 3.8) is 0 Å². The molecule has 4 saturated carbocycles. The fourth-order valence-electron chi connectivity index (χ4n) is 13.7. The van der Waals surface area contributed by atoms with Crippen molar-refractivity contribution in [1.29, 1.82) is 0 Å². The zero-order valence-electron chi connectivity index (χ0n) is 32.6. The van der Waals surface area contributed by atoms with Gasteiger partial charge in [0.2, 0.25) is 0 Å². The van der Waals surface area contributed by atoms with Crippen molar-refractivity contribution in [3.05, 3.63) is 97.1 Å². The van der Waals surface area contributed by atoms with Crippen LogP contribution in [0.15, 0.2) is 86.0 Å². The molecule has 0 radical (unpaired) electrons. The molecule has 0 N–H and O–H groups in total. The Hall–Kier alpha value is -2.08. The van der Waals surface area contributed by atoms with Crippen LogP contribution in [0.3, 0.4) is 0 Å². The molecule has 0 saturated heterocycles. The molecule has 0 aliphatic heterocycles. The number of rotatable bonds is 13. The van der Waals surface area contributed by atoms with E-state index in [2.05, 4.69) is 99.8 Å². The summed E-state index contributed by atoms with van der Waals surface area (Å²) in [5.41, 5.74) is 4.47. The molecule has 0 nitrogen and oxygen atoms in total. The van der Waals surface area contributed by atoms with E-state index in [9.17, 15) is 0 Å². The van der Waals surface area contributed by atoms with Gasteiger partial charge in [0.25, 0.3) is 0 Å². The molecule has 0 bridgehead atoms. The SMILES string of the molecule is C=CCCC1CCCC1C1CCCCCCCC1(C)C(Cc1ccccc1)(Cc1ccccc1)C1(C)CCCC2(CCCC2CCC=C)CC1. The first-order valence-electron chi connectivity index (χ1n) is 21.7. The fourth-order valence-corrected chi connectivity index (χ4v) is 13.7. The second kappa shape index (κ2) is 17.2. The molecule has 50 heavy (non-hydrogen) atoms. The number of hydrogen-bond donors (Lipinski definition) is 0. The maximum absolute atomic E-state index is 4.19. The molecule has 6 rings (SSSR count). The molecule has 0 heterocycles. The summed E-state index contributed by atoms with van der Waals surface area (Å²) in [5.74, 6) is 3.44. The van der Waals surface area contributed by atoms with E-state index < -0.39 is 0 Å². The lowest BCUT2D eigenvalue weighted by molar-refractivity contribution is -0.138. The summed E-state index contributed by atoms with van der Waals surface area (Å²) in [7, 11) is 0. The third kappa shape index (κ3) is 7.81. The van der Waals surface area contributed by atoms with E-state index in [0.717, 1.165) is 23.7 Å². The Morgan fingerprint density at radius 1 is 0.600 bits per heavy atom. The second-order valence-corrected chi connectivity index (χ2v) is 18.7. The lowest BCUT2D eigenvalue weighted by atomic mass is 9.40. The zero-order chi connectivity index (χ0) is 34.9. The first kappa shape index (κ1) is 37.7. The molecule has 0 aromatic heterocycles. The Bertz CT molecular complexity index is 1280. The maximum atomic E-state index is 4.19. The van der Waals surface area contributed by atoms with Crippen molar-refractivity contribution in [3.8, 4) is 0 Å². The third-order valence-corrected chi connectivity index (χ3v) is 16.3. The number of benzene rings is 2. The lowest BCUT2D eigenvalue weighted by Gasteiger charge is -2.64. The average molecular weight is 675 g/mol. The normalized spacial score (nSPS) is 34.0. The maximum Gasteiger partial charge on any atom is -0.0106 e. The van der Waals surface area contributed by atoms with Gasteiger partial charge in [-0.2, -0.15) is 0 Å². The molecule has 4 aliphatic carbocycles. The van der Waals surface area contributed by atoms with Gasteiger partial charge in [0.15, 0.2) is 0 Å². The molecular formula is C50H74. The van der Waals surface area contributed by atoms with Crippen LogP contribution in [-0.2, 0) is 12.8 Å². The minimum Gasteiger partial charge on any atom is -0.103 e. The zero-order valence-corrected chi connectivity index (χ0v) is 32.6. The fraction of sp³-hybridized carbons (Fsp3) is 0.680. The van der Waals surface area contributed by atoms with Crippen molar-refractivity contribution < 1.29 is 0 Å². The summed E-state index contributed by atoms with van der Waals surface area (Å²) in [5, 5.41) is 0. The van der Waals surface area contributed by atoms with Gasteiger partial charge in [-0.1, -0.05) is 144 Å². The van der Waals surface area contributed by atoms with Crippen LogP contribution in [0.2, 0.25) is 0 Å². The highest BCUT2D eigenvalue weighted by Gasteiger charge is 2.62. The average Bonchev–Trinajstić information content (AvgIpc) is 3.74. The van der Waals surface area contributed by atoms with E-state index in [1.165, 1.54) is 154 Å². The molecule has 7 unspecified atom stereocenters. The Morgan fingerprint density at radius 3 is 1.94 bits per heavy atom. The van der Waals surface area contributed by atoms with Gasteiger partial charge in [0.1, 0.15) is 0 Å². The molecular weight excluding hydrogens is 601 g/mol. The topological polar surface area (TPSA) is 0 Å². The highest BCUT2D eigenvalue weighted by Crippen LogP contribution is 2.69. The highest BCUT2D eigenvalue weighted by atomic mass is 14.7. The van der Waals surface area contributed by atoms with Gasteiger partial charge in [0, 0.05) is 0 Å². The van der Waals surface area contributed by atoms with E-state index in [1.807, 2.05) is 0 Å². The van der Waals surface area contributed by atoms with Crippen LogP contribution in [0, 0.1) is 45.3 Å². The van der Waals surface area contributed by atoms with Gasteiger partial charge in [-0.05, 0) is 153 Å². The van der Waals surface area contributed by atoms with Gasteiger partial charge in [-0.15, -0.1) is 13.2 Å². The van der Waals surface area contributed by atoms with Crippen molar-refractivity contribution in [2.24, 2.45) is 45.3 Å². The predicted molar refractivity (Wildman–Crippen MR) is 217 cm³/mol. The minimum atomic E-state index is 0.185. The Morgan fingerprint density at radius 2 is 1.24 bits per heavy atom. The van der Waals surface area contributed by atoms with E-state index in [0.29, 0.717) is 5.41 Å². The lowest BCUT2D eigenvalue weighted by Crippen LogP contribution is -2.58. The molecule has 2 aromatic rings. The molecule has 0 heteroatoms. The van der Waals surface area contributed by atoms with Crippen LogP contribution in [0.4, 0.5) is 0 Å². The molecule has 4 fully saturated rings. The first-order valence-corrected chi connectivity index (χ1v) is 21.7. The van der Waals surface area contributed by atoms with Crippen LogP contribution >= 0.6 is 0 Å². The third-order valence-electron chi connectivity index (χ3n) is 16.3. The summed E-state index contributed by atoms with van der Waals surface area (Å²) in [6, 6.07) is 23.8. The monoisotopic (exact) mass is 675 g/mol. The van der Waals surface area contributed by atoms with Gasteiger partial charge >= 0.3 is 0 Å². The standard InChI is InChI=1S/C50H74/c1-5-7-27-43-28-20-31-45(43)46-32-18-10-9-11-19-34-48(46,4)50(39-41-23-14-12-15-24-41,40-42-25-16-13-17-26-42)47(3)33-22-36-49(38-37-47)35-21-30-44(49)29-8-6-2/h5-6,12-17,23-26,43-46H,1-2,7-11,18-22,27-40H2,3-4H3. The Balaban J connectivity index is 1.52. The molecule has 4 aliphatic rings. The summed E-state index contributed by atoms with van der Waals surface area (Å²) < 4.78 is 0. The molecule has 2 aromatic carbocycles. The minimum absolute atomic E-state index is 0.185. The Labute approximate surface area is 309 Å². The smallest absolute Gasteiger partial charge is 0.0106 e. The van der Waals surface area contributed by atoms with E-state index in [-0.39, 0.29) is 16.2 Å².